The number of hydrogen-bond acceptors (Lipinski definition) is 5. The summed E-state index contributed by atoms with van der Waals surface area (Å²) in [5.74, 6) is -2.16. The summed E-state index contributed by atoms with van der Waals surface area (Å²) in [4.78, 5) is 29.0. The second-order valence-corrected chi connectivity index (χ2v) is 7.23. The lowest BCUT2D eigenvalue weighted by molar-refractivity contribution is -0.158. The first-order chi connectivity index (χ1) is 13.4. The van der Waals surface area contributed by atoms with E-state index in [1.165, 1.54) is 12.3 Å². The van der Waals surface area contributed by atoms with Crippen LogP contribution in [0.3, 0.4) is 0 Å². The molecule has 28 heavy (non-hydrogen) atoms. The average Bonchev–Trinajstić information content (AvgIpc) is 2.70. The number of benzene rings is 1. The van der Waals surface area contributed by atoms with Crippen molar-refractivity contribution in [1.82, 2.24) is 4.98 Å². The summed E-state index contributed by atoms with van der Waals surface area (Å²) in [6.45, 7) is 0.583. The molecule has 2 atom stereocenters. The number of rotatable bonds is 7. The molecule has 3 N–H and O–H groups in total. The number of carboxylic acids is 2. The van der Waals surface area contributed by atoms with Crippen LogP contribution < -0.4 is 4.90 Å². The quantitative estimate of drug-likeness (QED) is 0.672. The summed E-state index contributed by atoms with van der Waals surface area (Å²) in [5.41, 5.74) is 0.353. The molecular formula is C21H24N2O5. The highest BCUT2D eigenvalue weighted by molar-refractivity contribution is 5.86. The van der Waals surface area contributed by atoms with Gasteiger partial charge in [0.05, 0.1) is 6.10 Å². The van der Waals surface area contributed by atoms with Gasteiger partial charge in [0.1, 0.15) is 11.1 Å². The van der Waals surface area contributed by atoms with Gasteiger partial charge in [-0.3, -0.25) is 4.79 Å². The van der Waals surface area contributed by atoms with Gasteiger partial charge in [-0.15, -0.1) is 0 Å². The Kier molecular flexibility index (Phi) is 5.94. The highest BCUT2D eigenvalue weighted by Crippen LogP contribution is 2.38. The van der Waals surface area contributed by atoms with E-state index in [0.717, 1.165) is 12.0 Å². The van der Waals surface area contributed by atoms with Gasteiger partial charge in [-0.1, -0.05) is 30.3 Å². The number of aliphatic hydroxyl groups is 1. The minimum Gasteiger partial charge on any atom is -0.481 e. The molecule has 0 spiro atoms. The van der Waals surface area contributed by atoms with Crippen LogP contribution in [0.4, 0.5) is 5.69 Å². The van der Waals surface area contributed by atoms with E-state index >= 15 is 0 Å². The number of carboxylic acid groups (broad SMARTS) is 2. The summed E-state index contributed by atoms with van der Waals surface area (Å²) in [6.07, 6.45) is 2.48. The Bertz CT molecular complexity index is 842. The van der Waals surface area contributed by atoms with Gasteiger partial charge in [0, 0.05) is 25.0 Å². The van der Waals surface area contributed by atoms with Crippen molar-refractivity contribution in [3.05, 3.63) is 59.9 Å². The molecular weight excluding hydrogens is 360 g/mol. The zero-order valence-corrected chi connectivity index (χ0v) is 15.5. The normalized spacial score (nSPS) is 22.0. The second-order valence-electron chi connectivity index (χ2n) is 7.23. The summed E-state index contributed by atoms with van der Waals surface area (Å²) in [7, 11) is 0. The van der Waals surface area contributed by atoms with Crippen molar-refractivity contribution >= 4 is 17.6 Å². The number of pyridine rings is 1. The molecule has 1 saturated heterocycles. The first-order valence-corrected chi connectivity index (χ1v) is 9.32. The van der Waals surface area contributed by atoms with E-state index in [9.17, 15) is 19.8 Å². The van der Waals surface area contributed by atoms with Gasteiger partial charge in [-0.25, -0.2) is 9.78 Å². The summed E-state index contributed by atoms with van der Waals surface area (Å²) in [5, 5.41) is 29.7. The minimum absolute atomic E-state index is 0.0892. The SMILES string of the molecule is O=C(O)c1cc(N2CC[C@H](O)[C@](CCCc3ccccc3)(C(=O)O)C2)ccn1. The van der Waals surface area contributed by atoms with Crippen LogP contribution in [0.15, 0.2) is 48.7 Å². The maximum atomic E-state index is 12.2. The van der Waals surface area contributed by atoms with Crippen LogP contribution >= 0.6 is 0 Å². The van der Waals surface area contributed by atoms with Crippen LogP contribution in [-0.4, -0.2) is 51.4 Å². The topological polar surface area (TPSA) is 111 Å². The number of aromatic nitrogens is 1. The van der Waals surface area contributed by atoms with Crippen molar-refractivity contribution < 1.29 is 24.9 Å². The first kappa shape index (κ1) is 19.8. The molecule has 1 aromatic carbocycles. The van der Waals surface area contributed by atoms with Crippen molar-refractivity contribution in [1.29, 1.82) is 0 Å². The van der Waals surface area contributed by atoms with Gasteiger partial charge in [0.25, 0.3) is 0 Å². The van der Waals surface area contributed by atoms with Crippen LogP contribution in [0.2, 0.25) is 0 Å². The zero-order chi connectivity index (χ0) is 20.1. The molecule has 7 nitrogen and oxygen atoms in total. The lowest BCUT2D eigenvalue weighted by Crippen LogP contribution is -2.56. The van der Waals surface area contributed by atoms with E-state index in [4.69, 9.17) is 5.11 Å². The maximum Gasteiger partial charge on any atom is 0.354 e. The van der Waals surface area contributed by atoms with Crippen molar-refractivity contribution in [3.8, 4) is 0 Å². The number of aromatic carboxylic acids is 1. The predicted molar refractivity (Wildman–Crippen MR) is 103 cm³/mol. The molecule has 1 aromatic heterocycles. The Hall–Kier alpha value is -2.93. The first-order valence-electron chi connectivity index (χ1n) is 9.32. The van der Waals surface area contributed by atoms with Crippen LogP contribution in [0.1, 0.15) is 35.3 Å². The standard InChI is InChI=1S/C21H24N2O5/c24-18-9-12-23(16-8-11-22-17(13-16)19(25)26)14-21(18,20(27)28)10-4-7-15-5-2-1-3-6-15/h1-3,5-6,8,11,13,18,24H,4,7,9-10,12,14H2,(H,25,26)(H,27,28)/t18-,21+/m0/s1. The average molecular weight is 384 g/mol. The molecule has 0 radical (unpaired) electrons. The molecule has 3 rings (SSSR count). The third kappa shape index (κ3) is 4.14. The highest BCUT2D eigenvalue weighted by Gasteiger charge is 2.48. The Morgan fingerprint density at radius 3 is 2.61 bits per heavy atom. The van der Waals surface area contributed by atoms with Crippen molar-refractivity contribution in [3.63, 3.8) is 0 Å². The van der Waals surface area contributed by atoms with Crippen LogP contribution in [-0.2, 0) is 11.2 Å². The van der Waals surface area contributed by atoms with E-state index in [-0.39, 0.29) is 12.2 Å². The Labute approximate surface area is 163 Å². The van der Waals surface area contributed by atoms with Crippen molar-refractivity contribution in [2.24, 2.45) is 5.41 Å². The number of nitrogens with zero attached hydrogens (tertiary/aromatic N) is 2. The highest BCUT2D eigenvalue weighted by atomic mass is 16.4. The lowest BCUT2D eigenvalue weighted by Gasteiger charge is -2.44. The Morgan fingerprint density at radius 1 is 1.18 bits per heavy atom. The maximum absolute atomic E-state index is 12.2. The Balaban J connectivity index is 1.78. The number of hydrogen-bond donors (Lipinski definition) is 3. The van der Waals surface area contributed by atoms with E-state index in [1.807, 2.05) is 35.2 Å². The fourth-order valence-corrected chi connectivity index (χ4v) is 3.85. The van der Waals surface area contributed by atoms with E-state index < -0.39 is 23.5 Å². The van der Waals surface area contributed by atoms with Gasteiger partial charge in [0.2, 0.25) is 0 Å². The number of anilines is 1. The van der Waals surface area contributed by atoms with Gasteiger partial charge in [-0.2, -0.15) is 0 Å². The second kappa shape index (κ2) is 8.39. The summed E-state index contributed by atoms with van der Waals surface area (Å²) < 4.78 is 0. The number of aliphatic hydroxyl groups excluding tert-OH is 1. The number of piperidine rings is 1. The third-order valence-corrected chi connectivity index (χ3v) is 5.47. The van der Waals surface area contributed by atoms with E-state index in [1.54, 1.807) is 6.07 Å². The molecule has 148 valence electrons. The van der Waals surface area contributed by atoms with Crippen molar-refractivity contribution in [2.75, 3.05) is 18.0 Å². The summed E-state index contributed by atoms with van der Waals surface area (Å²) >= 11 is 0. The van der Waals surface area contributed by atoms with Crippen molar-refractivity contribution in [2.45, 2.75) is 31.8 Å². The van der Waals surface area contributed by atoms with Gasteiger partial charge in [-0.05, 0) is 43.4 Å². The molecule has 1 aliphatic rings. The molecule has 1 fully saturated rings. The van der Waals surface area contributed by atoms with Crippen LogP contribution in [0.25, 0.3) is 0 Å². The molecule has 2 heterocycles. The van der Waals surface area contributed by atoms with Gasteiger partial charge in [0.15, 0.2) is 0 Å². The molecule has 0 unspecified atom stereocenters. The monoisotopic (exact) mass is 384 g/mol. The fourth-order valence-electron chi connectivity index (χ4n) is 3.85. The van der Waals surface area contributed by atoms with Crippen LogP contribution in [0.5, 0.6) is 0 Å². The summed E-state index contributed by atoms with van der Waals surface area (Å²) in [6, 6.07) is 12.9. The smallest absolute Gasteiger partial charge is 0.354 e. The molecule has 0 amide bonds. The molecule has 1 aliphatic heterocycles. The molecule has 7 heteroatoms. The molecule has 2 aromatic rings. The Morgan fingerprint density at radius 2 is 1.93 bits per heavy atom. The molecule has 0 aliphatic carbocycles. The largest absolute Gasteiger partial charge is 0.481 e. The lowest BCUT2D eigenvalue weighted by atomic mass is 9.73. The fraction of sp³-hybridized carbons (Fsp3) is 0.381. The van der Waals surface area contributed by atoms with E-state index in [0.29, 0.717) is 31.5 Å². The van der Waals surface area contributed by atoms with Gasteiger partial charge < -0.3 is 20.2 Å². The minimum atomic E-state index is -1.29. The third-order valence-electron chi connectivity index (χ3n) is 5.47. The number of carbonyl (C=O) groups is 2. The van der Waals surface area contributed by atoms with Crippen LogP contribution in [0, 0.1) is 5.41 Å². The number of aliphatic carboxylic acids is 1. The molecule has 0 bridgehead atoms. The predicted octanol–water partition coefficient (Wildman–Crippen LogP) is 2.44. The zero-order valence-electron chi connectivity index (χ0n) is 15.5. The van der Waals surface area contributed by atoms with Gasteiger partial charge >= 0.3 is 11.9 Å². The van der Waals surface area contributed by atoms with E-state index in [2.05, 4.69) is 4.98 Å². The molecule has 0 saturated carbocycles. The number of aryl methyl sites for hydroxylation is 1.